The summed E-state index contributed by atoms with van der Waals surface area (Å²) in [7, 11) is -2.26. The fourth-order valence-electron chi connectivity index (χ4n) is 2.34. The van der Waals surface area contributed by atoms with Gasteiger partial charge in [0, 0.05) is 26.2 Å². The normalized spacial score (nSPS) is 13.1. The van der Waals surface area contributed by atoms with Crippen molar-refractivity contribution in [3.05, 3.63) is 0 Å². The molecule has 1 atom stereocenters. The number of hydrogen-bond acceptors (Lipinski definition) is 7. The van der Waals surface area contributed by atoms with Gasteiger partial charge in [0.15, 0.2) is 0 Å². The third kappa shape index (κ3) is 16.0. The van der Waals surface area contributed by atoms with Gasteiger partial charge in [0.1, 0.15) is 11.7 Å². The van der Waals surface area contributed by atoms with E-state index in [2.05, 4.69) is 10.6 Å². The van der Waals surface area contributed by atoms with E-state index < -0.39 is 27.9 Å². The number of carbonyl (C=O) groups excluding carboxylic acids is 2. The number of alkyl carbamates (subject to hydrolysis) is 1. The Morgan fingerprint density at radius 2 is 1.76 bits per heavy atom. The van der Waals surface area contributed by atoms with E-state index >= 15 is 0 Å². The molecule has 0 fully saturated rings. The largest absolute Gasteiger partial charge is 0.444 e. The number of nitrogens with one attached hydrogen (secondary N) is 2. The molecule has 0 rings (SSSR count). The van der Waals surface area contributed by atoms with Crippen molar-refractivity contribution in [2.45, 2.75) is 65.2 Å². The molecule has 0 aliphatic rings. The molecule has 11 heteroatoms. The number of hydrogen-bond donors (Lipinski definition) is 2. The number of urea groups is 1. The number of ether oxygens (including phenoxy) is 2. The zero-order chi connectivity index (χ0) is 22.7. The van der Waals surface area contributed by atoms with Gasteiger partial charge in [-0.05, 0) is 47.5 Å². The smallest absolute Gasteiger partial charge is 0.407 e. The first-order valence-corrected chi connectivity index (χ1v) is 11.4. The summed E-state index contributed by atoms with van der Waals surface area (Å²) in [6.45, 7) is 9.86. The van der Waals surface area contributed by atoms with Gasteiger partial charge in [-0.1, -0.05) is 0 Å². The van der Waals surface area contributed by atoms with Crippen LogP contribution in [0.25, 0.3) is 0 Å². The van der Waals surface area contributed by atoms with Crippen molar-refractivity contribution < 1.29 is 31.7 Å². The first-order valence-electron chi connectivity index (χ1n) is 9.63. The predicted molar refractivity (Wildman–Crippen MR) is 110 cm³/mol. The van der Waals surface area contributed by atoms with E-state index in [0.29, 0.717) is 25.9 Å². The molecule has 29 heavy (non-hydrogen) atoms. The van der Waals surface area contributed by atoms with Gasteiger partial charge in [0.25, 0.3) is 10.1 Å². The summed E-state index contributed by atoms with van der Waals surface area (Å²) >= 11 is 0. The Labute approximate surface area is 174 Å². The summed E-state index contributed by atoms with van der Waals surface area (Å²) in [6, 6.07) is -0.395. The van der Waals surface area contributed by atoms with Gasteiger partial charge in [-0.25, -0.2) is 9.59 Å². The minimum atomic E-state index is -3.69. The Morgan fingerprint density at radius 3 is 2.24 bits per heavy atom. The molecule has 0 heterocycles. The van der Waals surface area contributed by atoms with Crippen LogP contribution in [0.2, 0.25) is 0 Å². The molecule has 0 aromatic heterocycles. The highest BCUT2D eigenvalue weighted by Gasteiger charge is 2.23. The van der Waals surface area contributed by atoms with Gasteiger partial charge in [-0.2, -0.15) is 8.42 Å². The van der Waals surface area contributed by atoms with E-state index in [4.69, 9.17) is 13.7 Å². The Bertz CT molecular complexity index is 603. The lowest BCUT2D eigenvalue weighted by Crippen LogP contribution is -2.48. The molecule has 172 valence electrons. The van der Waals surface area contributed by atoms with E-state index in [0.717, 1.165) is 6.26 Å². The summed E-state index contributed by atoms with van der Waals surface area (Å²) in [5, 5.41) is 5.45. The maximum Gasteiger partial charge on any atom is 0.407 e. The first-order chi connectivity index (χ1) is 13.2. The molecule has 0 radical (unpaired) electrons. The highest BCUT2D eigenvalue weighted by molar-refractivity contribution is 7.86. The molecule has 0 saturated carbocycles. The molecule has 0 unspecified atom stereocenters. The molecule has 10 nitrogen and oxygen atoms in total. The van der Waals surface area contributed by atoms with E-state index in [1.807, 2.05) is 13.8 Å². The highest BCUT2D eigenvalue weighted by atomic mass is 32.2. The van der Waals surface area contributed by atoms with Crippen LogP contribution in [-0.4, -0.2) is 82.8 Å². The predicted octanol–water partition coefficient (Wildman–Crippen LogP) is 1.70. The molecule has 0 aliphatic heterocycles. The number of amides is 3. The summed E-state index contributed by atoms with van der Waals surface area (Å²) in [5.74, 6) is 0. The van der Waals surface area contributed by atoms with Crippen LogP contribution >= 0.6 is 0 Å². The van der Waals surface area contributed by atoms with Gasteiger partial charge in [0.05, 0.1) is 19.4 Å². The van der Waals surface area contributed by atoms with E-state index in [1.165, 1.54) is 12.0 Å². The zero-order valence-corrected chi connectivity index (χ0v) is 19.4. The zero-order valence-electron chi connectivity index (χ0n) is 18.6. The summed E-state index contributed by atoms with van der Waals surface area (Å²) < 4.78 is 38.1. The lowest BCUT2D eigenvalue weighted by Gasteiger charge is -2.28. The monoisotopic (exact) mass is 439 g/mol. The summed E-state index contributed by atoms with van der Waals surface area (Å²) in [4.78, 5) is 25.6. The molecule has 2 N–H and O–H groups in total. The second-order valence-corrected chi connectivity index (χ2v) is 9.66. The second-order valence-electron chi connectivity index (χ2n) is 8.06. The number of carbonyl (C=O) groups is 2. The van der Waals surface area contributed by atoms with Crippen molar-refractivity contribution in [2.75, 3.05) is 39.6 Å². The minimum Gasteiger partial charge on any atom is -0.444 e. The third-order valence-corrected chi connectivity index (χ3v) is 3.93. The fraction of sp³-hybridized carbons (Fsp3) is 0.889. The Balaban J connectivity index is 4.72. The molecular weight excluding hydrogens is 402 g/mol. The quantitative estimate of drug-likeness (QED) is 0.350. The van der Waals surface area contributed by atoms with Crippen molar-refractivity contribution >= 4 is 22.2 Å². The SMILES string of the molecule is COC[C@H](CN(CCCCNC(=O)OC(C)(C)C)C(=O)NC(C)C)OS(C)(=O)=O. The van der Waals surface area contributed by atoms with Crippen LogP contribution in [-0.2, 0) is 23.8 Å². The molecule has 0 bridgehead atoms. The van der Waals surface area contributed by atoms with E-state index in [-0.39, 0.29) is 25.2 Å². The molecular formula is C18H37N3O7S. The van der Waals surface area contributed by atoms with Crippen LogP contribution in [0, 0.1) is 0 Å². The lowest BCUT2D eigenvalue weighted by atomic mass is 10.2. The third-order valence-electron chi connectivity index (χ3n) is 3.31. The number of methoxy groups -OCH3 is 1. The Kier molecular flexibility index (Phi) is 12.2. The van der Waals surface area contributed by atoms with Crippen LogP contribution in [0.1, 0.15) is 47.5 Å². The van der Waals surface area contributed by atoms with Crippen molar-refractivity contribution in [2.24, 2.45) is 0 Å². The van der Waals surface area contributed by atoms with Gasteiger partial charge < -0.3 is 25.0 Å². The number of rotatable bonds is 12. The van der Waals surface area contributed by atoms with Crippen molar-refractivity contribution in [3.8, 4) is 0 Å². The van der Waals surface area contributed by atoms with Gasteiger partial charge >= 0.3 is 12.1 Å². The second kappa shape index (κ2) is 12.9. The summed E-state index contributed by atoms with van der Waals surface area (Å²) in [5.41, 5.74) is -0.564. The Morgan fingerprint density at radius 1 is 1.14 bits per heavy atom. The number of nitrogens with zero attached hydrogens (tertiary/aromatic N) is 1. The molecule has 0 aromatic carbocycles. The maximum atomic E-state index is 12.5. The fourth-order valence-corrected chi connectivity index (χ4v) is 2.95. The Hall–Kier alpha value is -1.59. The van der Waals surface area contributed by atoms with Gasteiger partial charge in [-0.3, -0.25) is 4.18 Å². The average molecular weight is 440 g/mol. The highest BCUT2D eigenvalue weighted by Crippen LogP contribution is 2.07. The van der Waals surface area contributed by atoms with Gasteiger partial charge in [0.2, 0.25) is 0 Å². The van der Waals surface area contributed by atoms with Crippen molar-refractivity contribution in [1.29, 1.82) is 0 Å². The molecule has 0 aromatic rings. The molecule has 3 amide bonds. The van der Waals surface area contributed by atoms with Crippen LogP contribution in [0.3, 0.4) is 0 Å². The van der Waals surface area contributed by atoms with E-state index in [1.54, 1.807) is 20.8 Å². The average Bonchev–Trinajstić information content (AvgIpc) is 2.49. The molecule has 0 spiro atoms. The standard InChI is InChI=1S/C18H37N3O7S/c1-14(2)20-16(22)21(12-15(13-26-6)28-29(7,24)25)11-9-8-10-19-17(23)27-18(3,4)5/h14-15H,8-13H2,1-7H3,(H,19,23)(H,20,22)/t15-/m0/s1. The maximum absolute atomic E-state index is 12.5. The number of unbranched alkanes of at least 4 members (excludes halogenated alkanes) is 1. The minimum absolute atomic E-state index is 0.0265. The van der Waals surface area contributed by atoms with Crippen molar-refractivity contribution in [3.63, 3.8) is 0 Å². The molecule has 0 saturated heterocycles. The lowest BCUT2D eigenvalue weighted by molar-refractivity contribution is 0.0525. The van der Waals surface area contributed by atoms with Crippen LogP contribution in [0.15, 0.2) is 0 Å². The topological polar surface area (TPSA) is 123 Å². The van der Waals surface area contributed by atoms with Crippen LogP contribution in [0.5, 0.6) is 0 Å². The van der Waals surface area contributed by atoms with Crippen LogP contribution < -0.4 is 10.6 Å². The van der Waals surface area contributed by atoms with Gasteiger partial charge in [-0.15, -0.1) is 0 Å². The molecule has 0 aliphatic carbocycles. The summed E-state index contributed by atoms with van der Waals surface area (Å²) in [6.07, 6.45) is 0.865. The van der Waals surface area contributed by atoms with Crippen LogP contribution in [0.4, 0.5) is 9.59 Å². The first kappa shape index (κ1) is 27.4. The van der Waals surface area contributed by atoms with E-state index in [9.17, 15) is 18.0 Å². The van der Waals surface area contributed by atoms with Crippen molar-refractivity contribution in [1.82, 2.24) is 15.5 Å².